The van der Waals surface area contributed by atoms with Crippen LogP contribution in [0.15, 0.2) is 35.3 Å². The summed E-state index contributed by atoms with van der Waals surface area (Å²) >= 11 is 0.608. The van der Waals surface area contributed by atoms with Gasteiger partial charge in [0.05, 0.1) is 12.7 Å². The number of halogens is 3. The maximum Gasteiger partial charge on any atom is 0.425 e. The van der Waals surface area contributed by atoms with Crippen molar-refractivity contribution in [2.75, 3.05) is 12.0 Å². The van der Waals surface area contributed by atoms with Crippen molar-refractivity contribution in [3.63, 3.8) is 0 Å². The van der Waals surface area contributed by atoms with Gasteiger partial charge in [-0.25, -0.2) is 9.59 Å². The smallest absolute Gasteiger partial charge is 0.425 e. The number of esters is 1. The summed E-state index contributed by atoms with van der Waals surface area (Å²) in [4.78, 5) is 24.4. The number of ether oxygens (including phenoxy) is 1. The molecule has 142 valence electrons. The maximum absolute atomic E-state index is 12.9. The van der Waals surface area contributed by atoms with Gasteiger partial charge in [-0.05, 0) is 48.6 Å². The van der Waals surface area contributed by atoms with Gasteiger partial charge in [-0.3, -0.25) is 0 Å². The number of carbonyl (C=O) groups is 1. The molecule has 1 aliphatic rings. The minimum absolute atomic E-state index is 0.0677. The van der Waals surface area contributed by atoms with Crippen LogP contribution in [-0.4, -0.2) is 19.0 Å². The largest absolute Gasteiger partial charge is 0.465 e. The van der Waals surface area contributed by atoms with E-state index >= 15 is 0 Å². The van der Waals surface area contributed by atoms with Crippen LogP contribution in [-0.2, 0) is 27.7 Å². The Hall–Kier alpha value is -2.57. The molecule has 1 aromatic heterocycles. The Morgan fingerprint density at radius 2 is 2.00 bits per heavy atom. The van der Waals surface area contributed by atoms with Gasteiger partial charge >= 0.3 is 12.1 Å². The summed E-state index contributed by atoms with van der Waals surface area (Å²) in [5.41, 5.74) is 1.71. The number of allylic oxidation sites excluding steroid dienone is 1. The van der Waals surface area contributed by atoms with Gasteiger partial charge in [-0.15, -0.1) is 11.3 Å². The zero-order valence-corrected chi connectivity index (χ0v) is 15.6. The third kappa shape index (κ3) is 3.26. The van der Waals surface area contributed by atoms with Gasteiger partial charge in [0.25, 0.3) is 0 Å². The highest BCUT2D eigenvalue weighted by Crippen LogP contribution is 2.48. The summed E-state index contributed by atoms with van der Waals surface area (Å²) in [6.45, 7) is 3.73. The second-order valence-electron chi connectivity index (χ2n) is 6.70. The topological polar surface area (TPSA) is 46.6 Å². The molecule has 2 aromatic rings. The predicted octanol–water partition coefficient (Wildman–Crippen LogP) is 4.57. The summed E-state index contributed by atoms with van der Waals surface area (Å²) < 4.78 is 43.4. The summed E-state index contributed by atoms with van der Waals surface area (Å²) in [5, 5.41) is 1.42. The lowest BCUT2D eigenvalue weighted by Gasteiger charge is -2.23. The summed E-state index contributed by atoms with van der Waals surface area (Å²) in [7, 11) is 1.26. The summed E-state index contributed by atoms with van der Waals surface area (Å²) in [6.07, 6.45) is -4.41. The van der Waals surface area contributed by atoms with E-state index in [0.717, 1.165) is 11.6 Å². The standard InChI is InChI=1S/C19H16F3NO3S/c1-18(2)13-5-4-12(17(25)26-3)7-14(13)23(15(18)9-24)8-11-6-16(27-10-11)19(20,21)22/h4-7,10H,8H2,1-3H3. The molecule has 0 spiro atoms. The molecule has 1 aliphatic heterocycles. The molecule has 2 heterocycles. The minimum atomic E-state index is -4.41. The van der Waals surface area contributed by atoms with Crippen molar-refractivity contribution in [2.24, 2.45) is 0 Å². The zero-order valence-electron chi connectivity index (χ0n) is 14.8. The molecular weight excluding hydrogens is 379 g/mol. The second-order valence-corrected chi connectivity index (χ2v) is 7.61. The molecule has 0 radical (unpaired) electrons. The highest BCUT2D eigenvalue weighted by Gasteiger charge is 2.42. The number of nitrogens with zero attached hydrogens (tertiary/aromatic N) is 1. The molecular formula is C19H16F3NO3S. The quantitative estimate of drug-likeness (QED) is 0.564. The van der Waals surface area contributed by atoms with E-state index in [-0.39, 0.29) is 6.54 Å². The Kier molecular flexibility index (Phi) is 4.66. The van der Waals surface area contributed by atoms with E-state index in [4.69, 9.17) is 4.74 Å². The third-order valence-corrected chi connectivity index (χ3v) is 5.64. The fourth-order valence-electron chi connectivity index (χ4n) is 3.25. The second kappa shape index (κ2) is 6.55. The van der Waals surface area contributed by atoms with Gasteiger partial charge in [-0.2, -0.15) is 13.2 Å². The number of benzene rings is 1. The van der Waals surface area contributed by atoms with Gasteiger partial charge in [0.15, 0.2) is 0 Å². The fourth-order valence-corrected chi connectivity index (χ4v) is 4.02. The Labute approximate surface area is 157 Å². The van der Waals surface area contributed by atoms with E-state index in [0.29, 0.717) is 33.8 Å². The molecule has 0 bridgehead atoms. The van der Waals surface area contributed by atoms with Gasteiger partial charge in [-0.1, -0.05) is 6.07 Å². The van der Waals surface area contributed by atoms with E-state index in [2.05, 4.69) is 0 Å². The van der Waals surface area contributed by atoms with Gasteiger partial charge in [0, 0.05) is 17.6 Å². The molecule has 4 nitrogen and oxygen atoms in total. The lowest BCUT2D eigenvalue weighted by molar-refractivity contribution is -0.134. The number of carbonyl (C=O) groups excluding carboxylic acids is 2. The van der Waals surface area contributed by atoms with Crippen LogP contribution >= 0.6 is 11.3 Å². The van der Waals surface area contributed by atoms with Crippen LogP contribution in [0.25, 0.3) is 0 Å². The number of fused-ring (bicyclic) bond motifs is 1. The fraction of sp³-hybridized carbons (Fsp3) is 0.316. The molecule has 3 rings (SSSR count). The van der Waals surface area contributed by atoms with Crippen molar-refractivity contribution in [2.45, 2.75) is 32.0 Å². The molecule has 0 atom stereocenters. The van der Waals surface area contributed by atoms with E-state index in [1.54, 1.807) is 23.1 Å². The first-order chi connectivity index (χ1) is 12.6. The summed E-state index contributed by atoms with van der Waals surface area (Å²) in [5.74, 6) is 1.40. The van der Waals surface area contributed by atoms with Crippen LogP contribution in [0.4, 0.5) is 18.9 Å². The summed E-state index contributed by atoms with van der Waals surface area (Å²) in [6, 6.07) is 5.99. The number of methoxy groups -OCH3 is 1. The number of rotatable bonds is 3. The lowest BCUT2D eigenvalue weighted by Crippen LogP contribution is -2.26. The van der Waals surface area contributed by atoms with Crippen LogP contribution in [0.3, 0.4) is 0 Å². The van der Waals surface area contributed by atoms with Crippen LogP contribution in [0, 0.1) is 0 Å². The molecule has 0 unspecified atom stereocenters. The number of alkyl halides is 3. The van der Waals surface area contributed by atoms with Crippen molar-refractivity contribution < 1.29 is 27.5 Å². The first-order valence-electron chi connectivity index (χ1n) is 8.00. The van der Waals surface area contributed by atoms with Crippen molar-refractivity contribution >= 4 is 28.9 Å². The Balaban J connectivity index is 2.06. The van der Waals surface area contributed by atoms with E-state index in [1.807, 2.05) is 19.8 Å². The van der Waals surface area contributed by atoms with Gasteiger partial charge in [0.1, 0.15) is 16.5 Å². The highest BCUT2D eigenvalue weighted by atomic mass is 32.1. The Bertz CT molecular complexity index is 955. The molecule has 27 heavy (non-hydrogen) atoms. The van der Waals surface area contributed by atoms with Crippen LogP contribution in [0.5, 0.6) is 0 Å². The minimum Gasteiger partial charge on any atom is -0.465 e. The average Bonchev–Trinajstić information content (AvgIpc) is 3.16. The molecule has 0 fully saturated rings. The van der Waals surface area contributed by atoms with E-state index < -0.39 is 22.4 Å². The SMILES string of the molecule is COC(=O)c1ccc2c(c1)N(Cc1csc(C(F)(F)F)c1)C(=C=O)C2(C)C. The number of anilines is 1. The van der Waals surface area contributed by atoms with Crippen LogP contribution in [0.2, 0.25) is 0 Å². The van der Waals surface area contributed by atoms with Gasteiger partial charge < -0.3 is 9.64 Å². The van der Waals surface area contributed by atoms with Crippen LogP contribution in [0.1, 0.15) is 40.2 Å². The molecule has 0 aliphatic carbocycles. The lowest BCUT2D eigenvalue weighted by atomic mass is 9.84. The van der Waals surface area contributed by atoms with Crippen molar-refractivity contribution in [1.29, 1.82) is 0 Å². The highest BCUT2D eigenvalue weighted by molar-refractivity contribution is 7.10. The molecule has 8 heteroatoms. The Morgan fingerprint density at radius 1 is 1.30 bits per heavy atom. The predicted molar refractivity (Wildman–Crippen MR) is 95.5 cm³/mol. The molecule has 0 N–H and O–H groups in total. The first-order valence-corrected chi connectivity index (χ1v) is 8.88. The zero-order chi connectivity index (χ0) is 20.0. The normalized spacial score (nSPS) is 15.5. The molecule has 0 saturated heterocycles. The molecule has 0 amide bonds. The third-order valence-electron chi connectivity index (χ3n) is 4.62. The van der Waals surface area contributed by atoms with Crippen LogP contribution < -0.4 is 4.90 Å². The first kappa shape index (κ1) is 19.2. The van der Waals surface area contributed by atoms with Gasteiger partial charge in [0.2, 0.25) is 0 Å². The average molecular weight is 395 g/mol. The van der Waals surface area contributed by atoms with Crippen molar-refractivity contribution in [1.82, 2.24) is 0 Å². The van der Waals surface area contributed by atoms with Crippen molar-refractivity contribution in [3.8, 4) is 0 Å². The monoisotopic (exact) mass is 395 g/mol. The van der Waals surface area contributed by atoms with Crippen molar-refractivity contribution in [3.05, 3.63) is 56.9 Å². The number of hydrogen-bond acceptors (Lipinski definition) is 5. The number of hydrogen-bond donors (Lipinski definition) is 0. The molecule has 0 saturated carbocycles. The number of thiophene rings is 1. The van der Waals surface area contributed by atoms with E-state index in [1.165, 1.54) is 12.5 Å². The Morgan fingerprint density at radius 3 is 2.56 bits per heavy atom. The maximum atomic E-state index is 12.9. The molecule has 1 aromatic carbocycles. The van der Waals surface area contributed by atoms with E-state index in [9.17, 15) is 22.8 Å².